The number of fused-ring (bicyclic) bond motifs is 7. The molecular formula is C45H63NO5. The lowest BCUT2D eigenvalue weighted by atomic mass is 9.32. The smallest absolute Gasteiger partial charge is 0.335 e. The van der Waals surface area contributed by atoms with Crippen LogP contribution >= 0.6 is 0 Å². The number of aromatic carboxylic acids is 1. The standard InChI is InChI=1S/C45H63NO5/c1-9-45-23-22-44(37(49)26-46(28(4)47)25-29-10-11-29)24-34(48)38(27(2)3)39(44)33(45)16-17-36-42(7)20-18-32(30-12-14-31(15-13-30)40(50)51)41(5,6)35(42)19-21-43(36,45)8/h12-15,18,27,29,33,35-37,49H,9-11,16-17,19-26H2,1-8H3,(H,50,51)/t33-,35+,36-,37+,42+,43-,44+,45-/m1/s1. The number of Topliss-reactive ketones (excluding diaryl/α,β-unsaturated/α-hetero) is 1. The molecule has 6 aliphatic carbocycles. The number of benzene rings is 1. The van der Waals surface area contributed by atoms with Gasteiger partial charge in [-0.05, 0) is 144 Å². The molecule has 0 bridgehead atoms. The van der Waals surface area contributed by atoms with E-state index >= 15 is 0 Å². The molecule has 0 spiro atoms. The highest BCUT2D eigenvalue weighted by Gasteiger charge is 2.71. The largest absolute Gasteiger partial charge is 0.478 e. The van der Waals surface area contributed by atoms with Crippen LogP contribution in [0.25, 0.3) is 5.57 Å². The summed E-state index contributed by atoms with van der Waals surface area (Å²) in [5.41, 5.74) is 4.71. The summed E-state index contributed by atoms with van der Waals surface area (Å²) >= 11 is 0. The first-order valence-electron chi connectivity index (χ1n) is 20.2. The zero-order valence-electron chi connectivity index (χ0n) is 32.6. The number of amides is 1. The van der Waals surface area contributed by atoms with E-state index in [1.165, 1.54) is 11.1 Å². The van der Waals surface area contributed by atoms with Crippen molar-refractivity contribution in [2.45, 2.75) is 132 Å². The zero-order chi connectivity index (χ0) is 36.9. The topological polar surface area (TPSA) is 94.9 Å². The van der Waals surface area contributed by atoms with E-state index in [2.05, 4.69) is 54.5 Å². The molecule has 7 rings (SSSR count). The molecule has 1 aromatic rings. The van der Waals surface area contributed by atoms with Crippen molar-refractivity contribution in [3.63, 3.8) is 0 Å². The lowest BCUT2D eigenvalue weighted by Gasteiger charge is -2.72. The molecule has 8 atom stereocenters. The number of carboxylic acid groups (broad SMARTS) is 1. The first-order valence-corrected chi connectivity index (χ1v) is 20.2. The van der Waals surface area contributed by atoms with Gasteiger partial charge in [0.1, 0.15) is 0 Å². The molecule has 0 unspecified atom stereocenters. The Kier molecular flexibility index (Phi) is 8.92. The van der Waals surface area contributed by atoms with Crippen molar-refractivity contribution in [3.05, 3.63) is 52.6 Å². The third kappa shape index (κ3) is 5.29. The lowest BCUT2D eigenvalue weighted by Crippen LogP contribution is -2.65. The molecule has 0 radical (unpaired) electrons. The maximum Gasteiger partial charge on any atom is 0.335 e. The van der Waals surface area contributed by atoms with Crippen molar-refractivity contribution in [1.29, 1.82) is 0 Å². The van der Waals surface area contributed by atoms with Gasteiger partial charge >= 0.3 is 5.97 Å². The van der Waals surface area contributed by atoms with E-state index in [0.29, 0.717) is 42.8 Å². The van der Waals surface area contributed by atoms with Gasteiger partial charge in [0.15, 0.2) is 5.78 Å². The third-order valence-corrected chi connectivity index (χ3v) is 16.4. The molecule has 6 aliphatic rings. The normalized spacial score (nSPS) is 37.6. The number of carbonyl (C=O) groups excluding carboxylic acids is 2. The molecule has 4 fully saturated rings. The van der Waals surface area contributed by atoms with Crippen LogP contribution in [0.3, 0.4) is 0 Å². The van der Waals surface area contributed by atoms with Gasteiger partial charge in [0.25, 0.3) is 0 Å². The predicted molar refractivity (Wildman–Crippen MR) is 202 cm³/mol. The second-order valence-electron chi connectivity index (χ2n) is 19.3. The molecule has 0 heterocycles. The summed E-state index contributed by atoms with van der Waals surface area (Å²) in [5, 5.41) is 21.9. The van der Waals surface area contributed by atoms with Crippen molar-refractivity contribution in [3.8, 4) is 0 Å². The van der Waals surface area contributed by atoms with E-state index in [0.717, 1.165) is 75.3 Å². The van der Waals surface area contributed by atoms with Crippen LogP contribution in [0.1, 0.15) is 142 Å². The molecule has 6 nitrogen and oxygen atoms in total. The number of aliphatic hydroxyl groups excluding tert-OH is 1. The monoisotopic (exact) mass is 697 g/mol. The average molecular weight is 698 g/mol. The number of ketones is 1. The molecular weight excluding hydrogens is 634 g/mol. The Hall–Kier alpha value is -2.73. The van der Waals surface area contributed by atoms with Crippen molar-refractivity contribution < 1.29 is 24.6 Å². The van der Waals surface area contributed by atoms with E-state index in [-0.39, 0.29) is 45.2 Å². The molecule has 0 aromatic heterocycles. The van der Waals surface area contributed by atoms with Crippen molar-refractivity contribution >= 4 is 23.2 Å². The Bertz CT molecular complexity index is 1660. The quantitative estimate of drug-likeness (QED) is 0.268. The fourth-order valence-electron chi connectivity index (χ4n) is 13.9. The number of allylic oxidation sites excluding steroid dienone is 3. The summed E-state index contributed by atoms with van der Waals surface area (Å²) in [4.78, 5) is 40.4. The van der Waals surface area contributed by atoms with Gasteiger partial charge in [-0.15, -0.1) is 0 Å². The average Bonchev–Trinajstić information content (AvgIpc) is 3.83. The van der Waals surface area contributed by atoms with E-state index < -0.39 is 17.5 Å². The van der Waals surface area contributed by atoms with Crippen LogP contribution in [0.15, 0.2) is 41.5 Å². The van der Waals surface area contributed by atoms with Crippen LogP contribution in [0.5, 0.6) is 0 Å². The Balaban J connectivity index is 1.26. The van der Waals surface area contributed by atoms with E-state index in [1.807, 2.05) is 17.0 Å². The summed E-state index contributed by atoms with van der Waals surface area (Å²) in [6.07, 6.45) is 12.8. The van der Waals surface area contributed by atoms with Crippen LogP contribution in [-0.4, -0.2) is 52.0 Å². The Morgan fingerprint density at radius 1 is 0.941 bits per heavy atom. The number of nitrogens with zero attached hydrogens (tertiary/aromatic N) is 1. The number of rotatable bonds is 9. The van der Waals surface area contributed by atoms with E-state index in [9.17, 15) is 24.6 Å². The molecule has 278 valence electrons. The van der Waals surface area contributed by atoms with Crippen LogP contribution in [0.4, 0.5) is 0 Å². The molecule has 0 aliphatic heterocycles. The van der Waals surface area contributed by atoms with Gasteiger partial charge in [-0.25, -0.2) is 4.79 Å². The summed E-state index contributed by atoms with van der Waals surface area (Å²) in [5.74, 6) is 1.32. The van der Waals surface area contributed by atoms with Crippen LogP contribution in [0, 0.1) is 56.7 Å². The van der Waals surface area contributed by atoms with Gasteiger partial charge < -0.3 is 15.1 Å². The summed E-state index contributed by atoms with van der Waals surface area (Å²) < 4.78 is 0. The highest BCUT2D eigenvalue weighted by Crippen LogP contribution is 2.78. The molecule has 51 heavy (non-hydrogen) atoms. The minimum absolute atomic E-state index is 0.0258. The van der Waals surface area contributed by atoms with Crippen molar-refractivity contribution in [2.24, 2.45) is 56.7 Å². The summed E-state index contributed by atoms with van der Waals surface area (Å²) in [6.45, 7) is 19.5. The molecule has 1 amide bonds. The highest BCUT2D eigenvalue weighted by atomic mass is 16.4. The number of hydrogen-bond donors (Lipinski definition) is 2. The predicted octanol–water partition coefficient (Wildman–Crippen LogP) is 9.37. The minimum Gasteiger partial charge on any atom is -0.478 e. The fourth-order valence-corrected chi connectivity index (χ4v) is 13.9. The molecule has 2 N–H and O–H groups in total. The highest BCUT2D eigenvalue weighted by molar-refractivity contribution is 6.01. The van der Waals surface area contributed by atoms with Crippen LogP contribution < -0.4 is 0 Å². The van der Waals surface area contributed by atoms with Crippen molar-refractivity contribution in [2.75, 3.05) is 13.1 Å². The first-order chi connectivity index (χ1) is 24.0. The molecule has 4 saturated carbocycles. The maximum absolute atomic E-state index is 14.2. The van der Waals surface area contributed by atoms with Gasteiger partial charge in [0.2, 0.25) is 5.91 Å². The zero-order valence-corrected chi connectivity index (χ0v) is 32.6. The number of carboxylic acids is 1. The molecule has 6 heteroatoms. The van der Waals surface area contributed by atoms with Gasteiger partial charge in [-0.1, -0.05) is 72.2 Å². The third-order valence-electron chi connectivity index (χ3n) is 16.4. The van der Waals surface area contributed by atoms with Gasteiger partial charge in [0, 0.05) is 31.8 Å². The number of aliphatic hydroxyl groups is 1. The van der Waals surface area contributed by atoms with Gasteiger partial charge in [-0.2, -0.15) is 0 Å². The van der Waals surface area contributed by atoms with Gasteiger partial charge in [0.05, 0.1) is 11.7 Å². The maximum atomic E-state index is 14.2. The second kappa shape index (κ2) is 12.4. The minimum atomic E-state index is -0.891. The SMILES string of the molecule is CC[C@@]12CC[C@@]3([C@@H](O)CN(CC4CC4)C(C)=O)CC(=O)C(C(C)C)=C3[C@H]1CC[C@@H]1[C@@]3(C)CC=C(c4ccc(C(=O)O)cc4)C(C)(C)[C@@H]3CC[C@]12C. The summed E-state index contributed by atoms with van der Waals surface area (Å²) in [6, 6.07) is 7.48. The Labute approximate surface area is 306 Å². The van der Waals surface area contributed by atoms with Crippen LogP contribution in [-0.2, 0) is 9.59 Å². The van der Waals surface area contributed by atoms with Crippen LogP contribution in [0.2, 0.25) is 0 Å². The van der Waals surface area contributed by atoms with Gasteiger partial charge in [-0.3, -0.25) is 9.59 Å². The van der Waals surface area contributed by atoms with E-state index in [4.69, 9.17) is 0 Å². The number of hydrogen-bond acceptors (Lipinski definition) is 4. The summed E-state index contributed by atoms with van der Waals surface area (Å²) in [7, 11) is 0. The lowest BCUT2D eigenvalue weighted by molar-refractivity contribution is -0.208. The van der Waals surface area contributed by atoms with Crippen molar-refractivity contribution in [1.82, 2.24) is 4.90 Å². The Morgan fingerprint density at radius 2 is 1.63 bits per heavy atom. The second-order valence-corrected chi connectivity index (χ2v) is 19.3. The molecule has 0 saturated heterocycles. The number of carbonyl (C=O) groups is 3. The molecule has 1 aromatic carbocycles. The fraction of sp³-hybridized carbons (Fsp3) is 0.711. The Morgan fingerprint density at radius 3 is 2.22 bits per heavy atom. The van der Waals surface area contributed by atoms with E-state index in [1.54, 1.807) is 19.1 Å². The first kappa shape index (κ1) is 36.6.